The van der Waals surface area contributed by atoms with Gasteiger partial charge in [0.05, 0.1) is 5.69 Å². The molecule has 0 spiro atoms. The number of anilines is 1. The molecular weight excluding hydrogens is 300 g/mol. The molecule has 0 radical (unpaired) electrons. The van der Waals surface area contributed by atoms with Gasteiger partial charge in [-0.25, -0.2) is 8.78 Å². The van der Waals surface area contributed by atoms with E-state index in [2.05, 4.69) is 29.0 Å². The first-order valence-electron chi connectivity index (χ1n) is 8.24. The summed E-state index contributed by atoms with van der Waals surface area (Å²) in [4.78, 5) is 16.6. The van der Waals surface area contributed by atoms with E-state index in [0.717, 1.165) is 50.8 Å². The van der Waals surface area contributed by atoms with Crippen LogP contribution < -0.4 is 5.32 Å². The number of nitrogens with one attached hydrogen (secondary N) is 1. The van der Waals surface area contributed by atoms with Gasteiger partial charge in [-0.3, -0.25) is 9.69 Å². The first kappa shape index (κ1) is 17.8. The number of carbonyl (C=O) groups is 1. The van der Waals surface area contributed by atoms with Crippen molar-refractivity contribution in [2.24, 2.45) is 0 Å². The fourth-order valence-corrected chi connectivity index (χ4v) is 3.12. The smallest absolute Gasteiger partial charge is 0.225 e. The van der Waals surface area contributed by atoms with Gasteiger partial charge in [-0.15, -0.1) is 0 Å². The molecular formula is C17H25F2N3O. The van der Waals surface area contributed by atoms with Crippen molar-refractivity contribution in [2.45, 2.75) is 32.7 Å². The van der Waals surface area contributed by atoms with E-state index in [1.54, 1.807) is 0 Å². The zero-order valence-corrected chi connectivity index (χ0v) is 13.8. The molecule has 4 nitrogen and oxygen atoms in total. The van der Waals surface area contributed by atoms with Crippen LogP contribution >= 0.6 is 0 Å². The summed E-state index contributed by atoms with van der Waals surface area (Å²) < 4.78 is 26.6. The molecule has 2 rings (SSSR count). The molecule has 1 saturated heterocycles. The molecule has 0 saturated carbocycles. The molecule has 0 bridgehead atoms. The van der Waals surface area contributed by atoms with Crippen molar-refractivity contribution >= 4 is 11.6 Å². The van der Waals surface area contributed by atoms with Crippen molar-refractivity contribution in [2.75, 3.05) is 38.0 Å². The number of carbonyl (C=O) groups excluding carboxylic acids is 1. The molecule has 128 valence electrons. The minimum absolute atomic E-state index is 0.0996. The molecule has 23 heavy (non-hydrogen) atoms. The third-order valence-electron chi connectivity index (χ3n) is 4.43. The quantitative estimate of drug-likeness (QED) is 0.837. The normalized spacial score (nSPS) is 18.6. The largest absolute Gasteiger partial charge is 0.323 e. The lowest BCUT2D eigenvalue weighted by Crippen LogP contribution is -2.37. The molecule has 6 heteroatoms. The maximum Gasteiger partial charge on any atom is 0.225 e. The van der Waals surface area contributed by atoms with E-state index in [9.17, 15) is 13.6 Å². The van der Waals surface area contributed by atoms with E-state index in [1.165, 1.54) is 0 Å². The Morgan fingerprint density at radius 2 is 2.09 bits per heavy atom. The Kier molecular flexibility index (Phi) is 6.47. The van der Waals surface area contributed by atoms with Crippen LogP contribution in [0.3, 0.4) is 0 Å². The van der Waals surface area contributed by atoms with E-state index >= 15 is 0 Å². The molecule has 0 aliphatic carbocycles. The van der Waals surface area contributed by atoms with Gasteiger partial charge in [0.1, 0.15) is 11.6 Å². The highest BCUT2D eigenvalue weighted by Crippen LogP contribution is 2.17. The standard InChI is InChI=1S/C17H25F2N3O/c1-3-22(4-2)14-7-9-21(12-14)10-8-17(23)20-16-11-13(18)5-6-15(16)19/h5-6,11,14H,3-4,7-10,12H2,1-2H3,(H,20,23)/t14-/m1/s1. The molecule has 1 aromatic carbocycles. The second-order valence-electron chi connectivity index (χ2n) is 5.89. The Hall–Kier alpha value is -1.53. The molecule has 1 amide bonds. The first-order chi connectivity index (χ1) is 11.0. The van der Waals surface area contributed by atoms with Crippen LogP contribution in [0.2, 0.25) is 0 Å². The number of halogens is 2. The van der Waals surface area contributed by atoms with E-state index < -0.39 is 11.6 Å². The third kappa shape index (κ3) is 4.97. The summed E-state index contributed by atoms with van der Waals surface area (Å²) in [6, 6.07) is 3.59. The highest BCUT2D eigenvalue weighted by atomic mass is 19.1. The van der Waals surface area contributed by atoms with Gasteiger partial charge in [0.2, 0.25) is 5.91 Å². The lowest BCUT2D eigenvalue weighted by atomic mass is 10.2. The number of hydrogen-bond donors (Lipinski definition) is 1. The second kappa shape index (κ2) is 8.36. The van der Waals surface area contributed by atoms with Crippen LogP contribution in [0.4, 0.5) is 14.5 Å². The van der Waals surface area contributed by atoms with E-state index in [1.807, 2.05) is 0 Å². The fourth-order valence-electron chi connectivity index (χ4n) is 3.12. The number of amides is 1. The van der Waals surface area contributed by atoms with E-state index in [4.69, 9.17) is 0 Å². The van der Waals surface area contributed by atoms with Crippen molar-refractivity contribution in [1.82, 2.24) is 9.80 Å². The Labute approximate surface area is 136 Å². The van der Waals surface area contributed by atoms with Crippen LogP contribution in [-0.2, 0) is 4.79 Å². The van der Waals surface area contributed by atoms with Crippen molar-refractivity contribution in [3.63, 3.8) is 0 Å². The zero-order valence-electron chi connectivity index (χ0n) is 13.8. The minimum atomic E-state index is -0.623. The molecule has 1 N–H and O–H groups in total. The number of likely N-dealkylation sites (tertiary alicyclic amines) is 1. The summed E-state index contributed by atoms with van der Waals surface area (Å²) in [7, 11) is 0. The first-order valence-corrected chi connectivity index (χ1v) is 8.24. The van der Waals surface area contributed by atoms with Crippen molar-refractivity contribution in [1.29, 1.82) is 0 Å². The molecule has 1 aliphatic rings. The van der Waals surface area contributed by atoms with Gasteiger partial charge in [-0.2, -0.15) is 0 Å². The summed E-state index contributed by atoms with van der Waals surface area (Å²) >= 11 is 0. The van der Waals surface area contributed by atoms with E-state index in [0.29, 0.717) is 12.6 Å². The molecule has 1 heterocycles. The molecule has 0 aromatic heterocycles. The number of rotatable bonds is 7. The predicted octanol–water partition coefficient (Wildman–Crippen LogP) is 2.71. The maximum absolute atomic E-state index is 13.5. The summed E-state index contributed by atoms with van der Waals surface area (Å²) in [6.07, 6.45) is 1.39. The third-order valence-corrected chi connectivity index (χ3v) is 4.43. The Morgan fingerprint density at radius 1 is 1.35 bits per heavy atom. The lowest BCUT2D eigenvalue weighted by molar-refractivity contribution is -0.116. The fraction of sp³-hybridized carbons (Fsp3) is 0.588. The number of likely N-dealkylation sites (N-methyl/N-ethyl adjacent to an activating group) is 1. The van der Waals surface area contributed by atoms with Gasteiger partial charge in [-0.05, 0) is 38.2 Å². The molecule has 0 unspecified atom stereocenters. The van der Waals surface area contributed by atoms with Crippen molar-refractivity contribution in [3.05, 3.63) is 29.8 Å². The maximum atomic E-state index is 13.5. The summed E-state index contributed by atoms with van der Waals surface area (Å²) in [5.74, 6) is -1.48. The summed E-state index contributed by atoms with van der Waals surface area (Å²) in [5.41, 5.74) is -0.0996. The number of nitrogens with zero attached hydrogens (tertiary/aromatic N) is 2. The van der Waals surface area contributed by atoms with Crippen LogP contribution in [0.15, 0.2) is 18.2 Å². The Bertz CT molecular complexity index is 535. The van der Waals surface area contributed by atoms with Crippen LogP contribution in [0, 0.1) is 11.6 Å². The molecule has 1 aliphatic heterocycles. The van der Waals surface area contributed by atoms with E-state index in [-0.39, 0.29) is 18.0 Å². The average molecular weight is 325 g/mol. The second-order valence-corrected chi connectivity index (χ2v) is 5.89. The lowest BCUT2D eigenvalue weighted by Gasteiger charge is -2.26. The van der Waals surface area contributed by atoms with Crippen LogP contribution in [0.1, 0.15) is 26.7 Å². The van der Waals surface area contributed by atoms with Gasteiger partial charge >= 0.3 is 0 Å². The SMILES string of the molecule is CCN(CC)[C@@H]1CCN(CCC(=O)Nc2cc(F)ccc2F)C1. The van der Waals surface area contributed by atoms with Crippen molar-refractivity contribution in [3.8, 4) is 0 Å². The number of benzene rings is 1. The Balaban J connectivity index is 1.78. The predicted molar refractivity (Wildman–Crippen MR) is 87.4 cm³/mol. The average Bonchev–Trinajstić information content (AvgIpc) is 2.99. The molecule has 1 atom stereocenters. The number of hydrogen-bond acceptors (Lipinski definition) is 3. The summed E-state index contributed by atoms with van der Waals surface area (Å²) in [6.45, 7) is 8.97. The monoisotopic (exact) mass is 325 g/mol. The van der Waals surface area contributed by atoms with Gasteiger partial charge in [0.15, 0.2) is 0 Å². The van der Waals surface area contributed by atoms with Gasteiger partial charge < -0.3 is 10.2 Å². The zero-order chi connectivity index (χ0) is 16.8. The highest BCUT2D eigenvalue weighted by Gasteiger charge is 2.26. The van der Waals surface area contributed by atoms with Crippen molar-refractivity contribution < 1.29 is 13.6 Å². The Morgan fingerprint density at radius 3 is 2.78 bits per heavy atom. The van der Waals surface area contributed by atoms with Crippen LogP contribution in [-0.4, -0.2) is 54.5 Å². The minimum Gasteiger partial charge on any atom is -0.323 e. The highest BCUT2D eigenvalue weighted by molar-refractivity contribution is 5.90. The summed E-state index contributed by atoms with van der Waals surface area (Å²) in [5, 5.41) is 2.44. The van der Waals surface area contributed by atoms with Crippen LogP contribution in [0.5, 0.6) is 0 Å². The molecule has 1 aromatic rings. The van der Waals surface area contributed by atoms with Gasteiger partial charge in [0, 0.05) is 31.6 Å². The van der Waals surface area contributed by atoms with Crippen LogP contribution in [0.25, 0.3) is 0 Å². The molecule has 1 fully saturated rings. The van der Waals surface area contributed by atoms with Gasteiger partial charge in [0.25, 0.3) is 0 Å². The van der Waals surface area contributed by atoms with Gasteiger partial charge in [-0.1, -0.05) is 13.8 Å². The topological polar surface area (TPSA) is 35.6 Å².